The number of anilines is 1. The van der Waals surface area contributed by atoms with Gasteiger partial charge in [0.25, 0.3) is 0 Å². The lowest BCUT2D eigenvalue weighted by Crippen LogP contribution is -2.51. The number of hydrogen-bond acceptors (Lipinski definition) is 7. The summed E-state index contributed by atoms with van der Waals surface area (Å²) in [7, 11) is 0. The second kappa shape index (κ2) is 8.28. The maximum atomic E-state index is 13.8. The van der Waals surface area contributed by atoms with Gasteiger partial charge in [0.05, 0.1) is 28.2 Å². The van der Waals surface area contributed by atoms with Crippen LogP contribution in [0.5, 0.6) is 0 Å². The molecule has 8 nitrogen and oxygen atoms in total. The van der Waals surface area contributed by atoms with Crippen LogP contribution in [0, 0.1) is 22.9 Å². The Morgan fingerprint density at radius 1 is 1.18 bits per heavy atom. The molecule has 3 aliphatic carbocycles. The molecule has 11 heteroatoms. The Labute approximate surface area is 202 Å². The zero-order valence-electron chi connectivity index (χ0n) is 17.8. The Balaban J connectivity index is 1.46. The van der Waals surface area contributed by atoms with Crippen molar-refractivity contribution in [1.29, 1.82) is 0 Å². The maximum Gasteiger partial charge on any atom is 0.308 e. The second-order valence-electron chi connectivity index (χ2n) is 8.87. The third-order valence-corrected chi connectivity index (χ3v) is 8.04. The van der Waals surface area contributed by atoms with Gasteiger partial charge in [0.1, 0.15) is 16.5 Å². The van der Waals surface area contributed by atoms with Gasteiger partial charge < -0.3 is 15.4 Å². The van der Waals surface area contributed by atoms with Gasteiger partial charge >= 0.3 is 5.97 Å². The average molecular weight is 499 g/mol. The number of aromatic amines is 1. The minimum Gasteiger partial charge on any atom is -0.481 e. The molecule has 7 rings (SSSR count). The van der Waals surface area contributed by atoms with E-state index in [1.165, 1.54) is 12.3 Å². The Hall–Kier alpha value is -3.11. The number of hydrogen-bond donors (Lipinski definition) is 3. The predicted molar refractivity (Wildman–Crippen MR) is 127 cm³/mol. The number of carboxylic acid groups (broad SMARTS) is 1. The summed E-state index contributed by atoms with van der Waals surface area (Å²) in [5.41, 5.74) is 2.21. The van der Waals surface area contributed by atoms with Crippen LogP contribution in [0.25, 0.3) is 33.1 Å². The smallest absolute Gasteiger partial charge is 0.308 e. The molecule has 3 aliphatic rings. The van der Waals surface area contributed by atoms with Crippen molar-refractivity contribution in [2.75, 3.05) is 5.32 Å². The van der Waals surface area contributed by atoms with Crippen molar-refractivity contribution in [1.82, 2.24) is 24.9 Å². The molecule has 0 aromatic carbocycles. The summed E-state index contributed by atoms with van der Waals surface area (Å²) in [4.78, 5) is 33.8. The molecule has 3 N–H and O–H groups in total. The molecule has 2 atom stereocenters. The molecule has 0 unspecified atom stereocenters. The van der Waals surface area contributed by atoms with E-state index in [4.69, 9.17) is 16.6 Å². The van der Waals surface area contributed by atoms with E-state index in [0.717, 1.165) is 37.0 Å². The Morgan fingerprint density at radius 3 is 2.71 bits per heavy atom. The second-order valence-corrected chi connectivity index (χ2v) is 10.3. The van der Waals surface area contributed by atoms with E-state index in [1.807, 2.05) is 0 Å². The first-order valence-corrected chi connectivity index (χ1v) is 12.3. The number of fused-ring (bicyclic) bond motifs is 4. The highest BCUT2D eigenvalue weighted by Gasteiger charge is 2.47. The van der Waals surface area contributed by atoms with Gasteiger partial charge in [-0.05, 0) is 49.7 Å². The van der Waals surface area contributed by atoms with Crippen LogP contribution in [-0.4, -0.2) is 42.0 Å². The highest BCUT2D eigenvalue weighted by Crippen LogP contribution is 2.46. The van der Waals surface area contributed by atoms with Crippen LogP contribution < -0.4 is 5.32 Å². The van der Waals surface area contributed by atoms with Crippen molar-refractivity contribution in [2.24, 2.45) is 17.8 Å². The molecule has 0 amide bonds. The van der Waals surface area contributed by atoms with Crippen LogP contribution in [0.4, 0.5) is 10.2 Å². The van der Waals surface area contributed by atoms with Crippen molar-refractivity contribution >= 4 is 45.9 Å². The summed E-state index contributed by atoms with van der Waals surface area (Å²) >= 11 is 7.06. The molecule has 0 saturated heterocycles. The monoisotopic (exact) mass is 498 g/mol. The van der Waals surface area contributed by atoms with Crippen LogP contribution in [0.3, 0.4) is 0 Å². The number of halogens is 2. The largest absolute Gasteiger partial charge is 0.481 e. The topological polar surface area (TPSA) is 117 Å². The van der Waals surface area contributed by atoms with E-state index in [2.05, 4.69) is 25.3 Å². The number of aromatic nitrogens is 5. The van der Waals surface area contributed by atoms with Crippen molar-refractivity contribution in [3.8, 4) is 22.0 Å². The van der Waals surface area contributed by atoms with Crippen molar-refractivity contribution in [3.63, 3.8) is 0 Å². The van der Waals surface area contributed by atoms with Crippen molar-refractivity contribution in [2.45, 2.75) is 31.7 Å². The molecule has 0 spiro atoms. The molecular weight excluding hydrogens is 479 g/mol. The summed E-state index contributed by atoms with van der Waals surface area (Å²) in [6.07, 6.45) is 7.06. The van der Waals surface area contributed by atoms with Gasteiger partial charge in [0, 0.05) is 18.3 Å². The third-order valence-electron chi connectivity index (χ3n) is 6.96. The first-order chi connectivity index (χ1) is 16.5. The molecule has 2 bridgehead atoms. The van der Waals surface area contributed by atoms with Crippen LogP contribution >= 0.6 is 22.9 Å². The Bertz CT molecular complexity index is 1400. The SMILES string of the molecule is O=C(O)[C@@H]1C2CCC(CC2)[C@H]1Nc1cc(-c2ccc(F)s2)nc(-c2c[nH]c3ncc(Cl)nc23)n1. The van der Waals surface area contributed by atoms with E-state index >= 15 is 0 Å². The minimum absolute atomic E-state index is 0.165. The first kappa shape index (κ1) is 21.4. The number of carboxylic acids is 1. The molecule has 3 saturated carbocycles. The lowest BCUT2D eigenvalue weighted by Gasteiger charge is -2.47. The summed E-state index contributed by atoms with van der Waals surface area (Å²) in [6, 6.07) is 4.60. The van der Waals surface area contributed by atoms with Crippen LogP contribution in [0.15, 0.2) is 30.6 Å². The molecule has 3 fully saturated rings. The fourth-order valence-electron chi connectivity index (χ4n) is 5.44. The summed E-state index contributed by atoms with van der Waals surface area (Å²) in [6.45, 7) is 0. The predicted octanol–water partition coefficient (Wildman–Crippen LogP) is 5.24. The van der Waals surface area contributed by atoms with Crippen LogP contribution in [0.1, 0.15) is 25.7 Å². The van der Waals surface area contributed by atoms with Crippen LogP contribution in [0.2, 0.25) is 5.15 Å². The summed E-state index contributed by atoms with van der Waals surface area (Å²) < 4.78 is 13.8. The summed E-state index contributed by atoms with van der Waals surface area (Å²) in [5.74, 6) is 0.0594. The van der Waals surface area contributed by atoms with Gasteiger partial charge in [0.15, 0.2) is 16.6 Å². The number of rotatable bonds is 5. The van der Waals surface area contributed by atoms with Crippen molar-refractivity contribution in [3.05, 3.63) is 40.9 Å². The number of nitrogens with zero attached hydrogens (tertiary/aromatic N) is 4. The quantitative estimate of drug-likeness (QED) is 0.344. The zero-order valence-corrected chi connectivity index (χ0v) is 19.4. The molecular formula is C23H20ClFN6O2S. The molecule has 0 radical (unpaired) electrons. The van der Waals surface area contributed by atoms with Gasteiger partial charge in [0.2, 0.25) is 0 Å². The zero-order chi connectivity index (χ0) is 23.4. The molecule has 0 aliphatic heterocycles. The Kier molecular flexibility index (Phi) is 5.22. The van der Waals surface area contributed by atoms with Gasteiger partial charge in [-0.3, -0.25) is 4.79 Å². The molecule has 4 aromatic heterocycles. The van der Waals surface area contributed by atoms with Crippen LogP contribution in [-0.2, 0) is 4.79 Å². The highest BCUT2D eigenvalue weighted by atomic mass is 35.5. The highest BCUT2D eigenvalue weighted by molar-refractivity contribution is 7.13. The normalized spacial score (nSPS) is 23.9. The number of nitrogens with one attached hydrogen (secondary N) is 2. The van der Waals surface area contributed by atoms with Gasteiger partial charge in [-0.2, -0.15) is 4.39 Å². The van der Waals surface area contributed by atoms with E-state index in [0.29, 0.717) is 38.9 Å². The fourth-order valence-corrected chi connectivity index (χ4v) is 6.27. The molecule has 174 valence electrons. The molecule has 34 heavy (non-hydrogen) atoms. The third kappa shape index (κ3) is 3.70. The first-order valence-electron chi connectivity index (χ1n) is 11.1. The van der Waals surface area contributed by atoms with Gasteiger partial charge in [-0.1, -0.05) is 11.6 Å². The van der Waals surface area contributed by atoms with E-state index < -0.39 is 11.9 Å². The van der Waals surface area contributed by atoms with Crippen molar-refractivity contribution < 1.29 is 14.3 Å². The number of thiophene rings is 1. The fraction of sp³-hybridized carbons (Fsp3) is 0.348. The minimum atomic E-state index is -0.775. The number of aliphatic carboxylic acids is 1. The van der Waals surface area contributed by atoms with E-state index in [-0.39, 0.29) is 28.2 Å². The standard InChI is InChI=1S/C23H20ClFN6O2S/c24-15-9-27-22-20(29-15)12(8-26-22)21-28-13(14-5-6-16(25)34-14)7-17(31-21)30-19-11-3-1-10(2-4-11)18(19)23(32)33/h5-11,18-19H,1-4H2,(H,26,27)(H,32,33)(H,28,30,31)/t10?,11?,18-,19-/m1/s1. The number of carbonyl (C=O) groups is 1. The van der Waals surface area contributed by atoms with E-state index in [9.17, 15) is 14.3 Å². The van der Waals surface area contributed by atoms with Gasteiger partial charge in [-0.15, -0.1) is 11.3 Å². The average Bonchev–Trinajstić information content (AvgIpc) is 3.45. The summed E-state index contributed by atoms with van der Waals surface area (Å²) in [5, 5.41) is 13.3. The van der Waals surface area contributed by atoms with E-state index in [1.54, 1.807) is 18.3 Å². The molecule has 4 heterocycles. The van der Waals surface area contributed by atoms with Gasteiger partial charge in [-0.25, -0.2) is 19.9 Å². The lowest BCUT2D eigenvalue weighted by atomic mass is 9.61. The maximum absolute atomic E-state index is 13.8. The lowest BCUT2D eigenvalue weighted by molar-refractivity contribution is -0.148. The molecule has 4 aromatic rings. The number of H-pyrrole nitrogens is 1. The Morgan fingerprint density at radius 2 is 1.97 bits per heavy atom.